The highest BCUT2D eigenvalue weighted by molar-refractivity contribution is 5.66. The van der Waals surface area contributed by atoms with E-state index < -0.39 is 0 Å². The van der Waals surface area contributed by atoms with Crippen molar-refractivity contribution in [3.05, 3.63) is 40.4 Å². The van der Waals surface area contributed by atoms with E-state index in [4.69, 9.17) is 9.47 Å². The van der Waals surface area contributed by atoms with Gasteiger partial charge < -0.3 is 14.5 Å². The van der Waals surface area contributed by atoms with E-state index in [1.165, 1.54) is 6.33 Å². The third kappa shape index (κ3) is 2.82. The van der Waals surface area contributed by atoms with Gasteiger partial charge in [-0.25, -0.2) is 4.98 Å². The first kappa shape index (κ1) is 14.1. The Labute approximate surface area is 117 Å². The molecule has 0 saturated heterocycles. The monoisotopic (exact) mass is 274 g/mol. The molecule has 2 aromatic rings. The number of hydrogen-bond acceptors (Lipinski definition) is 4. The molecule has 0 atom stereocenters. The molecule has 0 amide bonds. The van der Waals surface area contributed by atoms with Crippen LogP contribution < -0.4 is 15.0 Å². The first-order valence-electron chi connectivity index (χ1n) is 6.61. The predicted molar refractivity (Wildman–Crippen MR) is 77.4 cm³/mol. The van der Waals surface area contributed by atoms with Gasteiger partial charge in [0.25, 0.3) is 5.56 Å². The molecule has 0 radical (unpaired) electrons. The Balaban J connectivity index is 2.50. The molecule has 0 unspecified atom stereocenters. The number of hydrogen-bond donors (Lipinski definition) is 1. The molecule has 0 aliphatic carbocycles. The zero-order valence-corrected chi connectivity index (χ0v) is 11.9. The first-order chi connectivity index (χ1) is 9.67. The molecule has 1 heterocycles. The topological polar surface area (TPSA) is 64.2 Å². The summed E-state index contributed by atoms with van der Waals surface area (Å²) in [6, 6.07) is 5.57. The summed E-state index contributed by atoms with van der Waals surface area (Å²) >= 11 is 0. The van der Waals surface area contributed by atoms with Crippen LogP contribution >= 0.6 is 0 Å². The van der Waals surface area contributed by atoms with Crippen molar-refractivity contribution < 1.29 is 9.47 Å². The lowest BCUT2D eigenvalue weighted by Gasteiger charge is -2.12. The molecule has 5 heteroatoms. The third-order valence-electron chi connectivity index (χ3n) is 2.90. The maximum atomic E-state index is 11.6. The van der Waals surface area contributed by atoms with Gasteiger partial charge in [-0.05, 0) is 39.0 Å². The van der Waals surface area contributed by atoms with Crippen molar-refractivity contribution in [2.45, 2.75) is 20.8 Å². The minimum atomic E-state index is -0.137. The standard InChI is InChI=1S/C15H18N2O3/c1-4-19-12-7-6-11(8-13(12)20-5-2)14-10(3)15(18)17-9-16-14/h6-9H,4-5H2,1-3H3,(H,16,17,18). The summed E-state index contributed by atoms with van der Waals surface area (Å²) in [4.78, 5) is 18.4. The number of aromatic amines is 1. The first-order valence-corrected chi connectivity index (χ1v) is 6.61. The Morgan fingerprint density at radius 1 is 1.15 bits per heavy atom. The van der Waals surface area contributed by atoms with Gasteiger partial charge in [-0.1, -0.05) is 0 Å². The van der Waals surface area contributed by atoms with E-state index in [0.29, 0.717) is 36.0 Å². The Bertz CT molecular complexity index is 650. The molecular formula is C15H18N2O3. The van der Waals surface area contributed by atoms with E-state index in [2.05, 4.69) is 9.97 Å². The number of rotatable bonds is 5. The predicted octanol–water partition coefficient (Wildman–Crippen LogP) is 2.54. The molecule has 2 rings (SSSR count). The fraction of sp³-hybridized carbons (Fsp3) is 0.333. The van der Waals surface area contributed by atoms with Gasteiger partial charge in [-0.15, -0.1) is 0 Å². The average Bonchev–Trinajstić information content (AvgIpc) is 2.44. The largest absolute Gasteiger partial charge is 0.490 e. The van der Waals surface area contributed by atoms with E-state index in [-0.39, 0.29) is 5.56 Å². The summed E-state index contributed by atoms with van der Waals surface area (Å²) in [5, 5.41) is 0. The quantitative estimate of drug-likeness (QED) is 0.910. The maximum absolute atomic E-state index is 11.6. The van der Waals surface area contributed by atoms with E-state index in [1.54, 1.807) is 6.92 Å². The Morgan fingerprint density at radius 3 is 2.55 bits per heavy atom. The summed E-state index contributed by atoms with van der Waals surface area (Å²) in [6.45, 7) is 6.70. The summed E-state index contributed by atoms with van der Waals surface area (Å²) in [5.74, 6) is 1.36. The summed E-state index contributed by atoms with van der Waals surface area (Å²) in [7, 11) is 0. The van der Waals surface area contributed by atoms with Gasteiger partial charge in [0.1, 0.15) is 0 Å². The van der Waals surface area contributed by atoms with Crippen molar-refractivity contribution >= 4 is 0 Å². The summed E-state index contributed by atoms with van der Waals surface area (Å²) in [6.07, 6.45) is 1.40. The maximum Gasteiger partial charge on any atom is 0.254 e. The summed E-state index contributed by atoms with van der Waals surface area (Å²) < 4.78 is 11.1. The van der Waals surface area contributed by atoms with Crippen LogP contribution in [0.5, 0.6) is 11.5 Å². The molecule has 1 aromatic carbocycles. The SMILES string of the molecule is CCOc1ccc(-c2nc[nH]c(=O)c2C)cc1OCC. The van der Waals surface area contributed by atoms with E-state index in [1.807, 2.05) is 32.0 Å². The van der Waals surface area contributed by atoms with E-state index in [9.17, 15) is 4.79 Å². The average molecular weight is 274 g/mol. The zero-order valence-electron chi connectivity index (χ0n) is 11.9. The van der Waals surface area contributed by atoms with Crippen LogP contribution in [-0.4, -0.2) is 23.2 Å². The van der Waals surface area contributed by atoms with Crippen LogP contribution in [0.2, 0.25) is 0 Å². The normalized spacial score (nSPS) is 10.3. The van der Waals surface area contributed by atoms with Crippen LogP contribution in [0.25, 0.3) is 11.3 Å². The molecule has 0 saturated carbocycles. The molecule has 106 valence electrons. The van der Waals surface area contributed by atoms with E-state index in [0.717, 1.165) is 5.56 Å². The number of nitrogens with zero attached hydrogens (tertiary/aromatic N) is 1. The van der Waals surface area contributed by atoms with Crippen molar-refractivity contribution in [2.75, 3.05) is 13.2 Å². The van der Waals surface area contributed by atoms with Gasteiger partial charge in [0.15, 0.2) is 11.5 Å². The summed E-state index contributed by atoms with van der Waals surface area (Å²) in [5.41, 5.74) is 1.93. The number of nitrogens with one attached hydrogen (secondary N) is 1. The molecule has 1 aromatic heterocycles. The molecule has 20 heavy (non-hydrogen) atoms. The third-order valence-corrected chi connectivity index (χ3v) is 2.90. The van der Waals surface area contributed by atoms with Gasteiger partial charge in [0.05, 0.1) is 25.2 Å². The second-order valence-corrected chi connectivity index (χ2v) is 4.23. The highest BCUT2D eigenvalue weighted by Gasteiger charge is 2.11. The van der Waals surface area contributed by atoms with Gasteiger partial charge >= 0.3 is 0 Å². The van der Waals surface area contributed by atoms with E-state index >= 15 is 0 Å². The van der Waals surface area contributed by atoms with Crippen molar-refractivity contribution in [1.82, 2.24) is 9.97 Å². The minimum Gasteiger partial charge on any atom is -0.490 e. The Kier molecular flexibility index (Phi) is 4.40. The smallest absolute Gasteiger partial charge is 0.254 e. The second kappa shape index (κ2) is 6.23. The van der Waals surface area contributed by atoms with Gasteiger partial charge in [-0.2, -0.15) is 0 Å². The molecular weight excluding hydrogens is 256 g/mol. The fourth-order valence-electron chi connectivity index (χ4n) is 1.96. The van der Waals surface area contributed by atoms with Gasteiger partial charge in [0, 0.05) is 11.1 Å². The van der Waals surface area contributed by atoms with Crippen LogP contribution in [0.3, 0.4) is 0 Å². The van der Waals surface area contributed by atoms with Gasteiger partial charge in [-0.3, -0.25) is 4.79 Å². The highest BCUT2D eigenvalue weighted by atomic mass is 16.5. The zero-order chi connectivity index (χ0) is 14.5. The van der Waals surface area contributed by atoms with Crippen LogP contribution in [0, 0.1) is 6.92 Å². The molecule has 0 aliphatic rings. The number of ether oxygens (including phenoxy) is 2. The Morgan fingerprint density at radius 2 is 1.85 bits per heavy atom. The van der Waals surface area contributed by atoms with Crippen LogP contribution in [0.1, 0.15) is 19.4 Å². The number of H-pyrrole nitrogens is 1. The molecule has 0 bridgehead atoms. The molecule has 1 N–H and O–H groups in total. The molecule has 0 spiro atoms. The van der Waals surface area contributed by atoms with Crippen molar-refractivity contribution in [3.8, 4) is 22.8 Å². The van der Waals surface area contributed by atoms with Crippen LogP contribution in [-0.2, 0) is 0 Å². The fourth-order valence-corrected chi connectivity index (χ4v) is 1.96. The van der Waals surface area contributed by atoms with Crippen LogP contribution in [0.15, 0.2) is 29.3 Å². The van der Waals surface area contributed by atoms with Gasteiger partial charge in [0.2, 0.25) is 0 Å². The van der Waals surface area contributed by atoms with Crippen molar-refractivity contribution in [3.63, 3.8) is 0 Å². The lowest BCUT2D eigenvalue weighted by molar-refractivity contribution is 0.288. The lowest BCUT2D eigenvalue weighted by atomic mass is 10.1. The highest BCUT2D eigenvalue weighted by Crippen LogP contribution is 2.32. The van der Waals surface area contributed by atoms with Crippen molar-refractivity contribution in [2.24, 2.45) is 0 Å². The molecule has 5 nitrogen and oxygen atoms in total. The minimum absolute atomic E-state index is 0.137. The number of benzene rings is 1. The Hall–Kier alpha value is -2.30. The second-order valence-electron chi connectivity index (χ2n) is 4.23. The molecule has 0 aliphatic heterocycles. The molecule has 0 fully saturated rings. The van der Waals surface area contributed by atoms with Crippen molar-refractivity contribution in [1.29, 1.82) is 0 Å². The van der Waals surface area contributed by atoms with Crippen LogP contribution in [0.4, 0.5) is 0 Å². The lowest BCUT2D eigenvalue weighted by Crippen LogP contribution is -2.11. The number of aromatic nitrogens is 2.